The quantitative estimate of drug-likeness (QED) is 0.0361. The van der Waals surface area contributed by atoms with Crippen LogP contribution in [0.15, 0.2) is 24.3 Å². The minimum atomic E-state index is -0.749. The molecule has 0 aliphatic carbocycles. The fourth-order valence-corrected chi connectivity index (χ4v) is 10.6. The molecule has 0 spiro atoms. The van der Waals surface area contributed by atoms with Gasteiger partial charge in [-0.05, 0) is 44.9 Å². The Balaban J connectivity index is 3.47. The topological polar surface area (TPSA) is 89.8 Å². The lowest BCUT2D eigenvalue weighted by Gasteiger charge is -2.23. The van der Waals surface area contributed by atoms with Gasteiger partial charge in [0.05, 0.1) is 31.3 Å². The first-order valence-corrected chi connectivity index (χ1v) is 32.6. The van der Waals surface area contributed by atoms with Crippen LogP contribution in [0.5, 0.6) is 0 Å². The zero-order chi connectivity index (χ0) is 51.4. The molecule has 3 atom stereocenters. The molecule has 0 aromatic heterocycles. The number of unbranched alkanes of at least 4 members (excludes halogenated alkanes) is 48. The predicted molar refractivity (Wildman–Crippen MR) is 315 cm³/mol. The number of amides is 1. The Bertz CT molecular complexity index is 1060. The molecule has 0 aromatic rings. The van der Waals surface area contributed by atoms with E-state index < -0.39 is 18.2 Å². The monoisotopic (exact) mass is 1000 g/mol. The molecule has 71 heavy (non-hydrogen) atoms. The maximum atomic E-state index is 12.6. The van der Waals surface area contributed by atoms with Crippen molar-refractivity contribution >= 4 is 5.91 Å². The SMILES string of the molecule is CCCCCCCCCCCCCCC/C=C\C/C=C\CCCCCCCCCCCCCCCCCC(O)CC(=O)NC(CO)C(O)CCCCCCCCCCCCCCCCCCCCCCC. The van der Waals surface area contributed by atoms with Crippen LogP contribution in [0.3, 0.4) is 0 Å². The highest BCUT2D eigenvalue weighted by atomic mass is 16.3. The van der Waals surface area contributed by atoms with Crippen molar-refractivity contribution in [1.29, 1.82) is 0 Å². The van der Waals surface area contributed by atoms with Gasteiger partial charge >= 0.3 is 0 Å². The summed E-state index contributed by atoms with van der Waals surface area (Å²) in [6.45, 7) is 4.31. The van der Waals surface area contributed by atoms with Gasteiger partial charge in [0, 0.05) is 0 Å². The Hall–Kier alpha value is -1.17. The molecular formula is C66H129NO4. The molecule has 5 nitrogen and oxygen atoms in total. The van der Waals surface area contributed by atoms with Gasteiger partial charge in [0.2, 0.25) is 5.91 Å². The maximum Gasteiger partial charge on any atom is 0.222 e. The van der Waals surface area contributed by atoms with E-state index in [0.29, 0.717) is 12.8 Å². The van der Waals surface area contributed by atoms with Crippen LogP contribution in [0, 0.1) is 0 Å². The fourth-order valence-electron chi connectivity index (χ4n) is 10.6. The highest BCUT2D eigenvalue weighted by Crippen LogP contribution is 2.19. The smallest absolute Gasteiger partial charge is 0.222 e. The second kappa shape index (κ2) is 61.4. The van der Waals surface area contributed by atoms with Crippen molar-refractivity contribution in [3.63, 3.8) is 0 Å². The Kier molecular flexibility index (Phi) is 60.4. The standard InChI is InChI=1S/C66H129NO4/c1-3-5-7-9-11-13-15-17-19-21-23-25-26-27-28-29-30-31-32-33-34-35-36-37-38-40-41-43-45-47-49-51-53-55-57-59-63(69)61-66(71)67-64(62-68)65(70)60-58-56-54-52-50-48-46-44-42-39-24-22-20-18-16-14-12-10-8-6-4-2/h28-29,31-32,63-65,68-70H,3-27,30,33-62H2,1-2H3,(H,67,71)/b29-28-,32-31-. The predicted octanol–water partition coefficient (Wildman–Crippen LogP) is 20.8. The molecular weight excluding hydrogens is 871 g/mol. The van der Waals surface area contributed by atoms with Crippen LogP contribution in [-0.2, 0) is 4.79 Å². The molecule has 4 N–H and O–H groups in total. The minimum Gasteiger partial charge on any atom is -0.394 e. The van der Waals surface area contributed by atoms with Crippen molar-refractivity contribution in [3.05, 3.63) is 24.3 Å². The molecule has 0 fully saturated rings. The summed E-state index contributed by atoms with van der Waals surface area (Å²) in [5.41, 5.74) is 0. The van der Waals surface area contributed by atoms with Crippen molar-refractivity contribution in [2.45, 2.75) is 385 Å². The van der Waals surface area contributed by atoms with Crippen LogP contribution in [0.2, 0.25) is 0 Å². The first-order chi connectivity index (χ1) is 35.0. The summed E-state index contributed by atoms with van der Waals surface area (Å²) in [6.07, 6.45) is 79.5. The zero-order valence-corrected chi connectivity index (χ0v) is 48.4. The molecule has 422 valence electrons. The first kappa shape index (κ1) is 69.8. The van der Waals surface area contributed by atoms with Crippen LogP contribution in [0.4, 0.5) is 0 Å². The number of aliphatic hydroxyl groups is 3. The Morgan fingerprint density at radius 2 is 0.606 bits per heavy atom. The van der Waals surface area contributed by atoms with E-state index in [9.17, 15) is 20.1 Å². The third-order valence-corrected chi connectivity index (χ3v) is 15.5. The number of nitrogens with one attached hydrogen (secondary N) is 1. The van der Waals surface area contributed by atoms with Gasteiger partial charge in [-0.1, -0.05) is 340 Å². The molecule has 0 aliphatic heterocycles. The molecule has 0 bridgehead atoms. The van der Waals surface area contributed by atoms with Gasteiger partial charge < -0.3 is 20.6 Å². The number of hydrogen-bond acceptors (Lipinski definition) is 4. The normalized spacial score (nSPS) is 13.3. The third kappa shape index (κ3) is 58.0. The molecule has 0 heterocycles. The summed E-state index contributed by atoms with van der Waals surface area (Å²) in [5, 5.41) is 33.7. The molecule has 0 aliphatic rings. The maximum absolute atomic E-state index is 12.6. The van der Waals surface area contributed by atoms with E-state index >= 15 is 0 Å². The number of carbonyl (C=O) groups is 1. The van der Waals surface area contributed by atoms with E-state index in [1.54, 1.807) is 0 Å². The van der Waals surface area contributed by atoms with Gasteiger partial charge in [-0.2, -0.15) is 0 Å². The summed E-state index contributed by atoms with van der Waals surface area (Å²) in [5.74, 6) is -0.276. The molecule has 3 unspecified atom stereocenters. The van der Waals surface area contributed by atoms with Gasteiger partial charge in [0.1, 0.15) is 0 Å². The lowest BCUT2D eigenvalue weighted by molar-refractivity contribution is -0.125. The summed E-state index contributed by atoms with van der Waals surface area (Å²) in [6, 6.07) is -0.658. The van der Waals surface area contributed by atoms with Gasteiger partial charge in [0.25, 0.3) is 0 Å². The van der Waals surface area contributed by atoms with E-state index in [0.717, 1.165) is 32.1 Å². The van der Waals surface area contributed by atoms with E-state index in [2.05, 4.69) is 43.5 Å². The van der Waals surface area contributed by atoms with E-state index in [4.69, 9.17) is 0 Å². The Labute approximate surface area is 445 Å². The molecule has 0 radical (unpaired) electrons. The molecule has 0 aromatic carbocycles. The van der Waals surface area contributed by atoms with Crippen LogP contribution < -0.4 is 5.32 Å². The molecule has 0 saturated heterocycles. The zero-order valence-electron chi connectivity index (χ0n) is 48.4. The number of hydrogen-bond donors (Lipinski definition) is 4. The summed E-state index contributed by atoms with van der Waals surface area (Å²) in [4.78, 5) is 12.6. The summed E-state index contributed by atoms with van der Waals surface area (Å²) in [7, 11) is 0. The molecule has 0 rings (SSSR count). The molecule has 0 saturated carbocycles. The highest BCUT2D eigenvalue weighted by molar-refractivity contribution is 5.76. The second-order valence-electron chi connectivity index (χ2n) is 22.7. The van der Waals surface area contributed by atoms with Gasteiger partial charge in [-0.3, -0.25) is 4.79 Å². The van der Waals surface area contributed by atoms with E-state index in [-0.39, 0.29) is 18.9 Å². The number of rotatable bonds is 61. The van der Waals surface area contributed by atoms with Crippen molar-refractivity contribution < 1.29 is 20.1 Å². The van der Waals surface area contributed by atoms with Crippen molar-refractivity contribution in [2.24, 2.45) is 0 Å². The highest BCUT2D eigenvalue weighted by Gasteiger charge is 2.21. The Morgan fingerprint density at radius 1 is 0.352 bits per heavy atom. The summed E-state index contributed by atoms with van der Waals surface area (Å²) >= 11 is 0. The van der Waals surface area contributed by atoms with Crippen LogP contribution >= 0.6 is 0 Å². The lowest BCUT2D eigenvalue weighted by Crippen LogP contribution is -2.46. The van der Waals surface area contributed by atoms with Crippen molar-refractivity contribution in [3.8, 4) is 0 Å². The van der Waals surface area contributed by atoms with Crippen LogP contribution in [-0.4, -0.2) is 46.1 Å². The van der Waals surface area contributed by atoms with Crippen molar-refractivity contribution in [1.82, 2.24) is 5.32 Å². The minimum absolute atomic E-state index is 0.0397. The summed E-state index contributed by atoms with van der Waals surface area (Å²) < 4.78 is 0. The van der Waals surface area contributed by atoms with E-state index in [1.165, 1.54) is 302 Å². The average molecular weight is 1000 g/mol. The lowest BCUT2D eigenvalue weighted by atomic mass is 10.0. The van der Waals surface area contributed by atoms with Crippen LogP contribution in [0.1, 0.15) is 367 Å². The van der Waals surface area contributed by atoms with Crippen molar-refractivity contribution in [2.75, 3.05) is 6.61 Å². The third-order valence-electron chi connectivity index (χ3n) is 15.5. The van der Waals surface area contributed by atoms with Gasteiger partial charge in [-0.15, -0.1) is 0 Å². The molecule has 1 amide bonds. The molecule has 5 heteroatoms. The number of allylic oxidation sites excluding steroid dienone is 4. The Morgan fingerprint density at radius 3 is 0.887 bits per heavy atom. The van der Waals surface area contributed by atoms with Gasteiger partial charge in [0.15, 0.2) is 0 Å². The van der Waals surface area contributed by atoms with E-state index in [1.807, 2.05) is 0 Å². The number of carbonyl (C=O) groups excluding carboxylic acids is 1. The van der Waals surface area contributed by atoms with Gasteiger partial charge in [-0.25, -0.2) is 0 Å². The second-order valence-corrected chi connectivity index (χ2v) is 22.7. The first-order valence-electron chi connectivity index (χ1n) is 32.6. The fraction of sp³-hybridized carbons (Fsp3) is 0.924. The largest absolute Gasteiger partial charge is 0.394 e. The number of aliphatic hydroxyl groups excluding tert-OH is 3. The van der Waals surface area contributed by atoms with Crippen LogP contribution in [0.25, 0.3) is 0 Å². The average Bonchev–Trinajstić information content (AvgIpc) is 3.37.